The zero-order chi connectivity index (χ0) is 16.0. The van der Waals surface area contributed by atoms with E-state index >= 15 is 0 Å². The van der Waals surface area contributed by atoms with E-state index in [2.05, 4.69) is 56.0 Å². The minimum absolute atomic E-state index is 0.226. The Morgan fingerprint density at radius 1 is 1.08 bits per heavy atom. The lowest BCUT2D eigenvalue weighted by Crippen LogP contribution is -2.12. The highest BCUT2D eigenvalue weighted by Crippen LogP contribution is 2.51. The van der Waals surface area contributed by atoms with Gasteiger partial charge in [-0.1, -0.05) is 17.3 Å². The van der Waals surface area contributed by atoms with E-state index in [1.54, 1.807) is 28.5 Å². The first-order valence-corrected chi connectivity index (χ1v) is 8.86. The van der Waals surface area contributed by atoms with E-state index in [-0.39, 0.29) is 5.41 Å². The van der Waals surface area contributed by atoms with Gasteiger partial charge >= 0.3 is 0 Å². The summed E-state index contributed by atoms with van der Waals surface area (Å²) in [6.07, 6.45) is 8.65. The minimum atomic E-state index is 0.226. The molecule has 1 aliphatic carbocycles. The molecule has 0 aliphatic heterocycles. The molecule has 1 aromatic carbocycles. The maximum Gasteiger partial charge on any atom is 0.126 e. The second kappa shape index (κ2) is 5.21. The normalized spacial score (nSPS) is 15.7. The van der Waals surface area contributed by atoms with Crippen LogP contribution in [-0.2, 0) is 11.8 Å². The number of rotatable bonds is 4. The standard InChI is InChI=1S/C18H15N5S/c1-3-14(23-9-8-21-22-23)4-2-13(1)18(6-7-18)11-16-15-5-10-24-17(15)20-12-19-16/h1-5,8-10,12H,6-7,11H2. The smallest absolute Gasteiger partial charge is 0.126 e. The maximum atomic E-state index is 4.56. The van der Waals surface area contributed by atoms with Crippen molar-refractivity contribution in [3.63, 3.8) is 0 Å². The van der Waals surface area contributed by atoms with Crippen LogP contribution in [0.3, 0.4) is 0 Å². The molecule has 0 N–H and O–H groups in total. The molecule has 24 heavy (non-hydrogen) atoms. The van der Waals surface area contributed by atoms with Crippen molar-refractivity contribution >= 4 is 21.6 Å². The zero-order valence-corrected chi connectivity index (χ0v) is 13.8. The molecule has 3 aromatic heterocycles. The van der Waals surface area contributed by atoms with E-state index in [0.29, 0.717) is 0 Å². The van der Waals surface area contributed by atoms with Crippen molar-refractivity contribution in [2.75, 3.05) is 0 Å². The number of nitrogens with zero attached hydrogens (tertiary/aromatic N) is 5. The van der Waals surface area contributed by atoms with Crippen molar-refractivity contribution < 1.29 is 0 Å². The largest absolute Gasteiger partial charge is 0.241 e. The molecule has 4 aromatic rings. The zero-order valence-electron chi connectivity index (χ0n) is 13.0. The first kappa shape index (κ1) is 13.8. The molecule has 0 saturated heterocycles. The fourth-order valence-electron chi connectivity index (χ4n) is 3.33. The molecule has 0 bridgehead atoms. The van der Waals surface area contributed by atoms with Crippen molar-refractivity contribution in [2.45, 2.75) is 24.7 Å². The molecule has 0 radical (unpaired) electrons. The van der Waals surface area contributed by atoms with Crippen molar-refractivity contribution in [3.8, 4) is 5.69 Å². The molecule has 0 spiro atoms. The van der Waals surface area contributed by atoms with Crippen molar-refractivity contribution in [1.29, 1.82) is 0 Å². The molecule has 3 heterocycles. The van der Waals surface area contributed by atoms with Gasteiger partial charge in [-0.25, -0.2) is 14.6 Å². The van der Waals surface area contributed by atoms with Crippen LogP contribution < -0.4 is 0 Å². The average molecular weight is 333 g/mol. The number of hydrogen-bond acceptors (Lipinski definition) is 5. The topological polar surface area (TPSA) is 56.5 Å². The second-order valence-corrected chi connectivity index (χ2v) is 7.21. The summed E-state index contributed by atoms with van der Waals surface area (Å²) in [5.41, 5.74) is 3.81. The Balaban J connectivity index is 1.47. The van der Waals surface area contributed by atoms with Gasteiger partial charge in [0.25, 0.3) is 0 Å². The van der Waals surface area contributed by atoms with Gasteiger partial charge in [0.15, 0.2) is 0 Å². The van der Waals surface area contributed by atoms with Crippen molar-refractivity contribution in [2.24, 2.45) is 0 Å². The van der Waals surface area contributed by atoms with Gasteiger partial charge in [-0.3, -0.25) is 0 Å². The summed E-state index contributed by atoms with van der Waals surface area (Å²) in [5, 5.41) is 11.2. The number of fused-ring (bicyclic) bond motifs is 1. The molecular formula is C18H15N5S. The highest BCUT2D eigenvalue weighted by molar-refractivity contribution is 7.16. The molecule has 0 unspecified atom stereocenters. The van der Waals surface area contributed by atoms with Gasteiger partial charge in [-0.15, -0.1) is 16.4 Å². The van der Waals surface area contributed by atoms with Crippen LogP contribution in [0.4, 0.5) is 0 Å². The number of benzene rings is 1. The van der Waals surface area contributed by atoms with Crippen LogP contribution in [0, 0.1) is 0 Å². The molecule has 6 heteroatoms. The number of aromatic nitrogens is 5. The predicted octanol–water partition coefficient (Wildman–Crippen LogP) is 3.55. The highest BCUT2D eigenvalue weighted by atomic mass is 32.1. The molecule has 0 atom stereocenters. The van der Waals surface area contributed by atoms with Gasteiger partial charge in [-0.2, -0.15) is 0 Å². The van der Waals surface area contributed by atoms with Gasteiger partial charge in [0.1, 0.15) is 11.2 Å². The molecular weight excluding hydrogens is 318 g/mol. The summed E-state index contributed by atoms with van der Waals surface area (Å²) in [4.78, 5) is 10.00. The Hall–Kier alpha value is -2.60. The van der Waals surface area contributed by atoms with Crippen LogP contribution in [0.5, 0.6) is 0 Å². The van der Waals surface area contributed by atoms with Gasteiger partial charge < -0.3 is 0 Å². The summed E-state index contributed by atoms with van der Waals surface area (Å²) in [7, 11) is 0. The third kappa shape index (κ3) is 2.22. The van der Waals surface area contributed by atoms with Crippen LogP contribution in [0.1, 0.15) is 24.1 Å². The molecule has 118 valence electrons. The van der Waals surface area contributed by atoms with Crippen LogP contribution in [0.2, 0.25) is 0 Å². The summed E-state index contributed by atoms with van der Waals surface area (Å²) in [6.45, 7) is 0. The first-order chi connectivity index (χ1) is 11.8. The van der Waals surface area contributed by atoms with Crippen molar-refractivity contribution in [1.82, 2.24) is 25.0 Å². The van der Waals surface area contributed by atoms with Gasteiger partial charge in [-0.05, 0) is 42.0 Å². The first-order valence-electron chi connectivity index (χ1n) is 7.98. The monoisotopic (exact) mass is 333 g/mol. The van der Waals surface area contributed by atoms with E-state index in [1.807, 2.05) is 6.20 Å². The maximum absolute atomic E-state index is 4.56. The Morgan fingerprint density at radius 3 is 2.71 bits per heavy atom. The molecule has 5 nitrogen and oxygen atoms in total. The quantitative estimate of drug-likeness (QED) is 0.573. The molecule has 1 saturated carbocycles. The summed E-state index contributed by atoms with van der Waals surface area (Å²) in [5.74, 6) is 0. The fraction of sp³-hybridized carbons (Fsp3) is 0.222. The number of hydrogen-bond donors (Lipinski definition) is 0. The Morgan fingerprint density at radius 2 is 1.96 bits per heavy atom. The third-order valence-corrected chi connectivity index (χ3v) is 5.69. The lowest BCUT2D eigenvalue weighted by molar-refractivity contribution is 0.676. The predicted molar refractivity (Wildman–Crippen MR) is 93.4 cm³/mol. The van der Waals surface area contributed by atoms with E-state index in [1.165, 1.54) is 29.5 Å². The second-order valence-electron chi connectivity index (χ2n) is 6.31. The summed E-state index contributed by atoms with van der Waals surface area (Å²) < 4.78 is 1.78. The Kier molecular flexibility index (Phi) is 2.99. The van der Waals surface area contributed by atoms with E-state index in [4.69, 9.17) is 0 Å². The number of thiophene rings is 1. The SMILES string of the molecule is c1cn(-c2ccc(C3(Cc4ncnc5sccc45)CC3)cc2)nn1. The Labute approximate surface area is 143 Å². The average Bonchev–Trinajstić information content (AvgIpc) is 3.06. The molecule has 0 amide bonds. The van der Waals surface area contributed by atoms with Gasteiger partial charge in [0.05, 0.1) is 23.8 Å². The minimum Gasteiger partial charge on any atom is -0.241 e. The Bertz CT molecular complexity index is 984. The fourth-order valence-corrected chi connectivity index (χ4v) is 4.09. The summed E-state index contributed by atoms with van der Waals surface area (Å²) >= 11 is 1.68. The van der Waals surface area contributed by atoms with Crippen LogP contribution >= 0.6 is 11.3 Å². The lowest BCUT2D eigenvalue weighted by atomic mass is 9.90. The molecule has 5 rings (SSSR count). The van der Waals surface area contributed by atoms with Gasteiger partial charge in [0.2, 0.25) is 0 Å². The van der Waals surface area contributed by atoms with Crippen LogP contribution in [0.25, 0.3) is 15.9 Å². The van der Waals surface area contributed by atoms with Gasteiger partial charge in [0, 0.05) is 17.2 Å². The third-order valence-electron chi connectivity index (χ3n) is 4.87. The van der Waals surface area contributed by atoms with Crippen molar-refractivity contribution in [3.05, 3.63) is 65.7 Å². The molecule has 1 aliphatic rings. The van der Waals surface area contributed by atoms with E-state index in [9.17, 15) is 0 Å². The lowest BCUT2D eigenvalue weighted by Gasteiger charge is -2.16. The van der Waals surface area contributed by atoms with E-state index < -0.39 is 0 Å². The van der Waals surface area contributed by atoms with E-state index in [0.717, 1.165) is 16.9 Å². The highest BCUT2D eigenvalue weighted by Gasteiger charge is 2.44. The van der Waals surface area contributed by atoms with Crippen LogP contribution in [-0.4, -0.2) is 25.0 Å². The summed E-state index contributed by atoms with van der Waals surface area (Å²) in [6, 6.07) is 10.8. The molecule has 1 fully saturated rings. The van der Waals surface area contributed by atoms with Crippen LogP contribution in [0.15, 0.2) is 54.4 Å².